The van der Waals surface area contributed by atoms with Gasteiger partial charge < -0.3 is 24.5 Å². The molecular formula is C28H35ClFN5O4. The molecule has 9 nitrogen and oxygen atoms in total. The number of methoxy groups -OCH3 is 1. The lowest BCUT2D eigenvalue weighted by Crippen LogP contribution is -2.30. The molecule has 2 atom stereocenters. The van der Waals surface area contributed by atoms with Gasteiger partial charge >= 0.3 is 0 Å². The lowest BCUT2D eigenvalue weighted by molar-refractivity contribution is -0.0159. The van der Waals surface area contributed by atoms with E-state index in [0.29, 0.717) is 48.5 Å². The van der Waals surface area contributed by atoms with E-state index in [4.69, 9.17) is 21.1 Å². The number of carbonyl (C=O) groups excluding carboxylic acids is 1. The molecule has 2 unspecified atom stereocenters. The highest BCUT2D eigenvalue weighted by Crippen LogP contribution is 2.57. The molecule has 11 heteroatoms. The van der Waals surface area contributed by atoms with E-state index in [-0.39, 0.29) is 16.8 Å². The first-order chi connectivity index (χ1) is 18.4. The molecule has 1 amide bonds. The average Bonchev–Trinajstić information content (AvgIpc) is 3.62. The molecular weight excluding hydrogens is 525 g/mol. The van der Waals surface area contributed by atoms with E-state index in [0.717, 1.165) is 24.2 Å². The Morgan fingerprint density at radius 1 is 1.26 bits per heavy atom. The predicted octanol–water partition coefficient (Wildman–Crippen LogP) is 4.79. The smallest absolute Gasteiger partial charge is 0.274 e. The van der Waals surface area contributed by atoms with Crippen molar-refractivity contribution in [2.45, 2.75) is 56.7 Å². The van der Waals surface area contributed by atoms with Gasteiger partial charge in [-0.2, -0.15) is 0 Å². The molecule has 0 spiro atoms. The van der Waals surface area contributed by atoms with Crippen LogP contribution in [0.2, 0.25) is 5.02 Å². The topological polar surface area (TPSA) is 103 Å². The zero-order valence-corrected chi connectivity index (χ0v) is 23.6. The van der Waals surface area contributed by atoms with Gasteiger partial charge in [0.25, 0.3) is 5.91 Å². The molecule has 39 heavy (non-hydrogen) atoms. The number of ether oxygens (including phenoxy) is 2. The number of aromatic nitrogens is 4. The maximum absolute atomic E-state index is 13.5. The first-order valence-electron chi connectivity index (χ1n) is 13.1. The molecule has 0 aliphatic heterocycles. The van der Waals surface area contributed by atoms with Crippen molar-refractivity contribution in [1.82, 2.24) is 19.3 Å². The van der Waals surface area contributed by atoms with Gasteiger partial charge in [-0.05, 0) is 69.6 Å². The number of benzene rings is 1. The summed E-state index contributed by atoms with van der Waals surface area (Å²) in [5.41, 5.74) is 0.946. The molecule has 2 aliphatic carbocycles. The van der Waals surface area contributed by atoms with E-state index in [1.54, 1.807) is 29.7 Å². The largest absolute Gasteiger partial charge is 0.474 e. The van der Waals surface area contributed by atoms with Crippen molar-refractivity contribution >= 4 is 23.2 Å². The number of amides is 1. The van der Waals surface area contributed by atoms with Crippen LogP contribution in [-0.4, -0.2) is 49.7 Å². The Labute approximate surface area is 232 Å². The summed E-state index contributed by atoms with van der Waals surface area (Å²) in [5, 5.41) is 18.9. The summed E-state index contributed by atoms with van der Waals surface area (Å²) in [6.07, 6.45) is 4.53. The lowest BCUT2D eigenvalue weighted by atomic mass is 9.90. The quantitative estimate of drug-likeness (QED) is 0.411. The lowest BCUT2D eigenvalue weighted by Gasteiger charge is -2.24. The van der Waals surface area contributed by atoms with Crippen molar-refractivity contribution in [3.05, 3.63) is 58.5 Å². The molecule has 5 rings (SSSR count). The van der Waals surface area contributed by atoms with Crippen LogP contribution in [0.3, 0.4) is 0 Å². The number of rotatable bonds is 8. The van der Waals surface area contributed by atoms with Crippen LogP contribution in [0, 0.1) is 17.7 Å². The fraction of sp³-hybridized carbons (Fsp3) is 0.536. The number of nitrogens with zero attached hydrogens (tertiary/aromatic N) is 4. The molecule has 2 N–H and O–H groups in total. The number of halogens is 2. The summed E-state index contributed by atoms with van der Waals surface area (Å²) < 4.78 is 28.2. The fourth-order valence-corrected chi connectivity index (χ4v) is 6.32. The first-order valence-corrected chi connectivity index (χ1v) is 13.5. The molecule has 1 aromatic carbocycles. The van der Waals surface area contributed by atoms with Crippen molar-refractivity contribution in [1.29, 1.82) is 0 Å². The van der Waals surface area contributed by atoms with Crippen LogP contribution in [0.5, 0.6) is 5.88 Å². The Morgan fingerprint density at radius 2 is 1.95 bits per heavy atom. The first kappa shape index (κ1) is 27.6. The standard InChI is InChI=1S/C28H35ClFN5O4/c1-27(2,38-5)14-39-23-11-22(35(4)33-23)28(37)12-17-8-16(9-18(17)13-28)24-25(34(3)15-31-24)26(36)32-19-6-7-21(30)20(29)10-19/h6-7,10-11,15-18,37H,8-9,12-14H2,1-5H3,(H,32,36). The zero-order chi connectivity index (χ0) is 28.1. The zero-order valence-electron chi connectivity index (χ0n) is 22.9. The Morgan fingerprint density at radius 3 is 2.59 bits per heavy atom. The fourth-order valence-electron chi connectivity index (χ4n) is 6.14. The van der Waals surface area contributed by atoms with Crippen LogP contribution in [0.4, 0.5) is 10.1 Å². The second-order valence-corrected chi connectivity index (χ2v) is 12.0. The number of carbonyl (C=O) groups is 1. The van der Waals surface area contributed by atoms with E-state index in [2.05, 4.69) is 15.4 Å². The van der Waals surface area contributed by atoms with Crippen LogP contribution >= 0.6 is 11.6 Å². The Balaban J connectivity index is 1.27. The van der Waals surface area contributed by atoms with Crippen LogP contribution < -0.4 is 10.1 Å². The van der Waals surface area contributed by atoms with Gasteiger partial charge in [0.05, 0.1) is 28.3 Å². The highest BCUT2D eigenvalue weighted by molar-refractivity contribution is 6.31. The maximum atomic E-state index is 13.5. The minimum absolute atomic E-state index is 0.0555. The number of fused-ring (bicyclic) bond motifs is 1. The van der Waals surface area contributed by atoms with Crippen molar-refractivity contribution in [3.63, 3.8) is 0 Å². The third-order valence-electron chi connectivity index (χ3n) is 8.24. The minimum atomic E-state index is -0.993. The number of nitrogens with one attached hydrogen (secondary N) is 1. The van der Waals surface area contributed by atoms with E-state index in [1.807, 2.05) is 27.0 Å². The van der Waals surface area contributed by atoms with Gasteiger partial charge in [0.1, 0.15) is 23.7 Å². The van der Waals surface area contributed by atoms with E-state index < -0.39 is 17.0 Å². The summed E-state index contributed by atoms with van der Waals surface area (Å²) in [5.74, 6) is 0.289. The van der Waals surface area contributed by atoms with Gasteiger partial charge in [0.2, 0.25) is 5.88 Å². The van der Waals surface area contributed by atoms with Crippen molar-refractivity contribution in [3.8, 4) is 5.88 Å². The highest BCUT2D eigenvalue weighted by atomic mass is 35.5. The number of hydrogen-bond donors (Lipinski definition) is 2. The van der Waals surface area contributed by atoms with Gasteiger partial charge in [-0.3, -0.25) is 9.48 Å². The van der Waals surface area contributed by atoms with E-state index in [9.17, 15) is 14.3 Å². The summed E-state index contributed by atoms with van der Waals surface area (Å²) in [6.45, 7) is 4.22. The molecule has 3 aromatic rings. The molecule has 2 heterocycles. The van der Waals surface area contributed by atoms with Crippen LogP contribution in [0.15, 0.2) is 30.6 Å². The van der Waals surface area contributed by atoms with Crippen LogP contribution in [0.25, 0.3) is 0 Å². The van der Waals surface area contributed by atoms with Crippen LogP contribution in [0.1, 0.15) is 67.3 Å². The SMILES string of the molecule is COC(C)(C)COc1cc(C2(O)CC3CC(c4ncn(C)c4C(=O)Nc4ccc(F)c(Cl)c4)CC3C2)n(C)n1. The number of hydrogen-bond acceptors (Lipinski definition) is 6. The number of aliphatic hydroxyl groups is 1. The monoisotopic (exact) mass is 559 g/mol. The summed E-state index contributed by atoms with van der Waals surface area (Å²) in [7, 11) is 5.25. The van der Waals surface area contributed by atoms with Gasteiger partial charge in [0.15, 0.2) is 0 Å². The van der Waals surface area contributed by atoms with E-state index >= 15 is 0 Å². The molecule has 2 saturated carbocycles. The Bertz CT molecular complexity index is 1370. The molecule has 0 saturated heterocycles. The van der Waals surface area contributed by atoms with E-state index in [1.165, 1.54) is 18.2 Å². The number of anilines is 1. The van der Waals surface area contributed by atoms with Gasteiger partial charge in [-0.1, -0.05) is 11.6 Å². The van der Waals surface area contributed by atoms with Crippen molar-refractivity contribution < 1.29 is 23.8 Å². The van der Waals surface area contributed by atoms with Crippen LogP contribution in [-0.2, 0) is 24.4 Å². The minimum Gasteiger partial charge on any atom is -0.474 e. The third-order valence-corrected chi connectivity index (χ3v) is 8.53. The second-order valence-electron chi connectivity index (χ2n) is 11.5. The number of aryl methyl sites for hydroxylation is 2. The predicted molar refractivity (Wildman–Crippen MR) is 144 cm³/mol. The molecule has 2 aromatic heterocycles. The average molecular weight is 560 g/mol. The summed E-state index contributed by atoms with van der Waals surface area (Å²) >= 11 is 5.88. The van der Waals surface area contributed by atoms with Crippen molar-refractivity contribution in [2.75, 3.05) is 19.0 Å². The maximum Gasteiger partial charge on any atom is 0.274 e. The van der Waals surface area contributed by atoms with Gasteiger partial charge in [-0.15, -0.1) is 5.10 Å². The summed E-state index contributed by atoms with van der Waals surface area (Å²) in [6, 6.07) is 5.91. The molecule has 210 valence electrons. The number of imidazole rings is 1. The molecule has 2 aliphatic rings. The molecule has 2 fully saturated rings. The Kier molecular flexibility index (Phi) is 7.24. The Hall–Kier alpha value is -2.95. The third kappa shape index (κ3) is 5.42. The highest BCUT2D eigenvalue weighted by Gasteiger charge is 2.51. The summed E-state index contributed by atoms with van der Waals surface area (Å²) in [4.78, 5) is 17.8. The van der Waals surface area contributed by atoms with Crippen molar-refractivity contribution in [2.24, 2.45) is 25.9 Å². The van der Waals surface area contributed by atoms with Gasteiger partial charge in [0, 0.05) is 38.9 Å². The molecule has 0 bridgehead atoms. The normalized spacial score (nSPS) is 24.7. The molecule has 0 radical (unpaired) electrons. The van der Waals surface area contributed by atoms with Gasteiger partial charge in [-0.25, -0.2) is 9.37 Å². The second kappa shape index (κ2) is 10.2.